The summed E-state index contributed by atoms with van der Waals surface area (Å²) < 4.78 is 57.5. The van der Waals surface area contributed by atoms with Gasteiger partial charge in [0, 0.05) is 0 Å². The van der Waals surface area contributed by atoms with Crippen LogP contribution in [0.5, 0.6) is 5.75 Å². The van der Waals surface area contributed by atoms with E-state index in [1.165, 1.54) is 24.3 Å². The minimum atomic E-state index is -5.11. The Labute approximate surface area is 86.5 Å². The van der Waals surface area contributed by atoms with Gasteiger partial charge in [0.1, 0.15) is 5.75 Å². The summed E-state index contributed by atoms with van der Waals surface area (Å²) in [4.78, 5) is 0. The lowest BCUT2D eigenvalue weighted by molar-refractivity contribution is 0.347. The average Bonchev–Trinajstić information content (AvgIpc) is 1.99. The summed E-state index contributed by atoms with van der Waals surface area (Å²) in [5.41, 5.74) is 0. The van der Waals surface area contributed by atoms with Gasteiger partial charge >= 0.3 is 20.8 Å². The van der Waals surface area contributed by atoms with Crippen molar-refractivity contribution < 1.29 is 29.2 Å². The maximum atomic E-state index is 10.8. The van der Waals surface area contributed by atoms with Crippen LogP contribution in [0.2, 0.25) is 0 Å². The van der Waals surface area contributed by atoms with Gasteiger partial charge < -0.3 is 4.18 Å². The second kappa shape index (κ2) is 4.14. The predicted molar refractivity (Wildman–Crippen MR) is 48.6 cm³/mol. The molecular weight excluding hydrogens is 248 g/mol. The van der Waals surface area contributed by atoms with Crippen molar-refractivity contribution in [1.29, 1.82) is 0 Å². The lowest BCUT2D eigenvalue weighted by Crippen LogP contribution is -2.17. The van der Waals surface area contributed by atoms with Crippen LogP contribution in [0.15, 0.2) is 30.3 Å². The maximum Gasteiger partial charge on any atom is 0.465 e. The molecule has 1 N–H and O–H groups in total. The second-order valence-corrected chi connectivity index (χ2v) is 4.68. The number of hydrogen-bond donors (Lipinski definition) is 1. The van der Waals surface area contributed by atoms with Gasteiger partial charge in [-0.25, -0.2) is 0 Å². The molecular formula is C6H6O7S2. The van der Waals surface area contributed by atoms with Crippen LogP contribution in [0.3, 0.4) is 0 Å². The van der Waals surface area contributed by atoms with Gasteiger partial charge in [0.2, 0.25) is 0 Å². The summed E-state index contributed by atoms with van der Waals surface area (Å²) >= 11 is 0. The molecule has 1 rings (SSSR count). The van der Waals surface area contributed by atoms with Crippen molar-refractivity contribution in [2.75, 3.05) is 0 Å². The zero-order valence-electron chi connectivity index (χ0n) is 7.10. The number of hydrogen-bond acceptors (Lipinski definition) is 6. The van der Waals surface area contributed by atoms with Gasteiger partial charge in [-0.15, -0.1) is 0 Å². The van der Waals surface area contributed by atoms with Gasteiger partial charge in [0.25, 0.3) is 0 Å². The normalized spacial score (nSPS) is 12.3. The third-order valence-electron chi connectivity index (χ3n) is 1.11. The van der Waals surface area contributed by atoms with E-state index >= 15 is 0 Å². The Morgan fingerprint density at radius 2 is 1.53 bits per heavy atom. The number of benzene rings is 1. The standard InChI is InChI=1S/C6H6O7S2/c7-14(8,9)13-15(10,11)12-6-4-2-1-3-5-6/h1-5H,(H,7,8,9). The van der Waals surface area contributed by atoms with E-state index in [0.717, 1.165) is 0 Å². The molecule has 0 amide bonds. The highest BCUT2D eigenvalue weighted by atomic mass is 32.3. The van der Waals surface area contributed by atoms with Crippen molar-refractivity contribution in [2.24, 2.45) is 0 Å². The van der Waals surface area contributed by atoms with Crippen LogP contribution in [-0.4, -0.2) is 21.4 Å². The van der Waals surface area contributed by atoms with Gasteiger partial charge in [-0.05, 0) is 12.1 Å². The van der Waals surface area contributed by atoms with Crippen LogP contribution in [0, 0.1) is 0 Å². The van der Waals surface area contributed by atoms with E-state index in [2.05, 4.69) is 7.81 Å². The Morgan fingerprint density at radius 1 is 1.00 bits per heavy atom. The zero-order valence-corrected chi connectivity index (χ0v) is 8.73. The Hall–Kier alpha value is -1.16. The fourth-order valence-corrected chi connectivity index (χ4v) is 2.01. The summed E-state index contributed by atoms with van der Waals surface area (Å²) in [6.07, 6.45) is 0. The van der Waals surface area contributed by atoms with Crippen molar-refractivity contribution >= 4 is 20.8 Å². The molecule has 0 saturated heterocycles. The molecule has 15 heavy (non-hydrogen) atoms. The minimum Gasteiger partial charge on any atom is -0.361 e. The maximum absolute atomic E-state index is 10.8. The third-order valence-corrected chi connectivity index (χ3v) is 2.86. The monoisotopic (exact) mass is 254 g/mol. The first-order valence-corrected chi connectivity index (χ1v) is 6.16. The highest BCUT2D eigenvalue weighted by molar-refractivity contribution is 7.95. The largest absolute Gasteiger partial charge is 0.465 e. The van der Waals surface area contributed by atoms with Crippen molar-refractivity contribution in [3.63, 3.8) is 0 Å². The second-order valence-electron chi connectivity index (χ2n) is 2.30. The number of para-hydroxylation sites is 1. The fraction of sp³-hybridized carbons (Fsp3) is 0. The van der Waals surface area contributed by atoms with E-state index in [-0.39, 0.29) is 5.75 Å². The Balaban J connectivity index is 2.83. The molecule has 1 aromatic rings. The quantitative estimate of drug-likeness (QED) is 0.761. The average molecular weight is 254 g/mol. The van der Waals surface area contributed by atoms with Gasteiger partial charge in [-0.2, -0.15) is 16.8 Å². The topological polar surface area (TPSA) is 107 Å². The van der Waals surface area contributed by atoms with Crippen LogP contribution < -0.4 is 4.18 Å². The molecule has 1 aromatic carbocycles. The van der Waals surface area contributed by atoms with Gasteiger partial charge in [0.05, 0.1) is 0 Å². The molecule has 0 fully saturated rings. The summed E-state index contributed by atoms with van der Waals surface area (Å²) in [7, 11) is -9.95. The molecule has 0 aliphatic heterocycles. The highest BCUT2D eigenvalue weighted by Crippen LogP contribution is 2.13. The SMILES string of the molecule is O=S(=O)(O)OS(=O)(=O)Oc1ccccc1. The van der Waals surface area contributed by atoms with E-state index in [0.29, 0.717) is 0 Å². The molecule has 9 heteroatoms. The van der Waals surface area contributed by atoms with Crippen molar-refractivity contribution in [3.05, 3.63) is 30.3 Å². The van der Waals surface area contributed by atoms with Crippen LogP contribution in [0.1, 0.15) is 0 Å². The van der Waals surface area contributed by atoms with E-state index < -0.39 is 20.8 Å². The fourth-order valence-electron chi connectivity index (χ4n) is 0.713. The number of rotatable bonds is 4. The van der Waals surface area contributed by atoms with Crippen LogP contribution in [0.25, 0.3) is 0 Å². The summed E-state index contributed by atoms with van der Waals surface area (Å²) in [5, 5.41) is 0. The van der Waals surface area contributed by atoms with Crippen molar-refractivity contribution in [2.45, 2.75) is 0 Å². The molecule has 0 heterocycles. The first-order valence-electron chi connectivity index (χ1n) is 3.46. The van der Waals surface area contributed by atoms with Gasteiger partial charge in [-0.3, -0.25) is 4.55 Å². The third kappa shape index (κ3) is 4.74. The highest BCUT2D eigenvalue weighted by Gasteiger charge is 2.22. The van der Waals surface area contributed by atoms with Crippen LogP contribution in [-0.2, 0) is 24.4 Å². The first kappa shape index (κ1) is 11.9. The molecule has 7 nitrogen and oxygen atoms in total. The van der Waals surface area contributed by atoms with E-state index in [1.807, 2.05) is 0 Å². The van der Waals surface area contributed by atoms with E-state index in [4.69, 9.17) is 4.55 Å². The first-order chi connectivity index (χ1) is 6.79. The Bertz CT molecular complexity index is 516. The lowest BCUT2D eigenvalue weighted by atomic mass is 10.3. The molecule has 0 aromatic heterocycles. The molecule has 0 spiro atoms. The molecule has 0 bridgehead atoms. The van der Waals surface area contributed by atoms with Gasteiger partial charge in [0.15, 0.2) is 0 Å². The summed E-state index contributed by atoms with van der Waals surface area (Å²) in [6, 6.07) is 7.08. The molecule has 0 unspecified atom stereocenters. The molecule has 0 radical (unpaired) electrons. The summed E-state index contributed by atoms with van der Waals surface area (Å²) in [5.74, 6) is -0.138. The van der Waals surface area contributed by atoms with Crippen molar-refractivity contribution in [1.82, 2.24) is 0 Å². The van der Waals surface area contributed by atoms with E-state index in [9.17, 15) is 16.8 Å². The van der Waals surface area contributed by atoms with Crippen molar-refractivity contribution in [3.8, 4) is 5.75 Å². The molecule has 0 aliphatic carbocycles. The minimum absolute atomic E-state index is 0.138. The molecule has 84 valence electrons. The van der Waals surface area contributed by atoms with Crippen LogP contribution in [0.4, 0.5) is 0 Å². The van der Waals surface area contributed by atoms with Crippen LogP contribution >= 0.6 is 0 Å². The van der Waals surface area contributed by atoms with Gasteiger partial charge in [-0.1, -0.05) is 21.8 Å². The van der Waals surface area contributed by atoms with E-state index in [1.54, 1.807) is 6.07 Å². The molecule has 0 aliphatic rings. The summed E-state index contributed by atoms with van der Waals surface area (Å²) in [6.45, 7) is 0. The predicted octanol–water partition coefficient (Wildman–Crippen LogP) is 0.130. The zero-order chi connectivity index (χ0) is 11.5. The Morgan fingerprint density at radius 3 is 2.00 bits per heavy atom. The molecule has 0 atom stereocenters. The lowest BCUT2D eigenvalue weighted by Gasteiger charge is -2.03. The Kier molecular flexibility index (Phi) is 3.29. The smallest absolute Gasteiger partial charge is 0.361 e. The molecule has 0 saturated carbocycles.